The molecule has 3 aromatic rings. The number of fused-ring (bicyclic) bond motifs is 1. The monoisotopic (exact) mass is 280 g/mol. The SMILES string of the molecule is CNC(c1cc2cc(C)ccc2o1)c1ncc(C)cc1C. The molecule has 0 fully saturated rings. The van der Waals surface area contributed by atoms with E-state index >= 15 is 0 Å². The molecular weight excluding hydrogens is 260 g/mol. The van der Waals surface area contributed by atoms with Crippen LogP contribution < -0.4 is 5.32 Å². The number of hydrogen-bond donors (Lipinski definition) is 1. The zero-order chi connectivity index (χ0) is 15.0. The minimum Gasteiger partial charge on any atom is -0.459 e. The van der Waals surface area contributed by atoms with Gasteiger partial charge in [-0.25, -0.2) is 0 Å². The first-order valence-corrected chi connectivity index (χ1v) is 7.19. The number of aryl methyl sites for hydroxylation is 3. The van der Waals surface area contributed by atoms with Crippen molar-refractivity contribution in [3.8, 4) is 0 Å². The Morgan fingerprint density at radius 1 is 1.05 bits per heavy atom. The standard InChI is InChI=1S/C18H20N2O/c1-11-5-6-15-14(8-11)9-16(21-15)18(19-4)17-13(3)7-12(2)10-20-17/h5-10,18-19H,1-4H3. The Balaban J connectivity index is 2.09. The Morgan fingerprint density at radius 2 is 1.86 bits per heavy atom. The van der Waals surface area contributed by atoms with E-state index in [0.29, 0.717) is 0 Å². The van der Waals surface area contributed by atoms with Crippen LogP contribution in [0.4, 0.5) is 0 Å². The van der Waals surface area contributed by atoms with Crippen LogP contribution in [0.3, 0.4) is 0 Å². The molecule has 1 N–H and O–H groups in total. The first-order chi connectivity index (χ1) is 10.1. The van der Waals surface area contributed by atoms with Crippen molar-refractivity contribution < 1.29 is 4.42 Å². The average molecular weight is 280 g/mol. The molecule has 1 unspecified atom stereocenters. The molecule has 3 heteroatoms. The summed E-state index contributed by atoms with van der Waals surface area (Å²) < 4.78 is 6.01. The van der Waals surface area contributed by atoms with E-state index in [4.69, 9.17) is 4.42 Å². The number of nitrogens with zero attached hydrogens (tertiary/aromatic N) is 1. The molecule has 3 rings (SSSR count). The molecule has 0 saturated carbocycles. The molecule has 1 aromatic carbocycles. The molecule has 0 aliphatic heterocycles. The maximum atomic E-state index is 6.01. The van der Waals surface area contributed by atoms with E-state index in [1.807, 2.05) is 19.3 Å². The zero-order valence-electron chi connectivity index (χ0n) is 12.9. The van der Waals surface area contributed by atoms with Crippen molar-refractivity contribution in [1.29, 1.82) is 0 Å². The highest BCUT2D eigenvalue weighted by Crippen LogP contribution is 2.29. The molecule has 0 saturated heterocycles. The highest BCUT2D eigenvalue weighted by molar-refractivity contribution is 5.78. The largest absolute Gasteiger partial charge is 0.459 e. The van der Waals surface area contributed by atoms with Crippen LogP contribution in [0, 0.1) is 20.8 Å². The molecule has 1 atom stereocenters. The van der Waals surface area contributed by atoms with Crippen LogP contribution in [-0.2, 0) is 0 Å². The molecule has 3 nitrogen and oxygen atoms in total. The fourth-order valence-corrected chi connectivity index (χ4v) is 2.77. The third-order valence-corrected chi connectivity index (χ3v) is 3.79. The summed E-state index contributed by atoms with van der Waals surface area (Å²) in [7, 11) is 1.93. The van der Waals surface area contributed by atoms with Crippen molar-refractivity contribution >= 4 is 11.0 Å². The summed E-state index contributed by atoms with van der Waals surface area (Å²) in [6.45, 7) is 6.24. The lowest BCUT2D eigenvalue weighted by atomic mass is 10.0. The molecule has 0 bridgehead atoms. The summed E-state index contributed by atoms with van der Waals surface area (Å²) in [5.41, 5.74) is 5.51. The Kier molecular flexibility index (Phi) is 3.52. The smallest absolute Gasteiger partial charge is 0.134 e. The number of benzene rings is 1. The van der Waals surface area contributed by atoms with Crippen molar-refractivity contribution in [2.45, 2.75) is 26.8 Å². The Morgan fingerprint density at radius 3 is 2.57 bits per heavy atom. The predicted molar refractivity (Wildman–Crippen MR) is 85.6 cm³/mol. The summed E-state index contributed by atoms with van der Waals surface area (Å²) in [6, 6.07) is 10.5. The van der Waals surface area contributed by atoms with Gasteiger partial charge in [0.25, 0.3) is 0 Å². The lowest BCUT2D eigenvalue weighted by Crippen LogP contribution is -2.19. The molecule has 0 radical (unpaired) electrons. The second-order valence-electron chi connectivity index (χ2n) is 5.63. The van der Waals surface area contributed by atoms with Crippen LogP contribution in [0.5, 0.6) is 0 Å². The van der Waals surface area contributed by atoms with E-state index < -0.39 is 0 Å². The maximum Gasteiger partial charge on any atom is 0.134 e. The Hall–Kier alpha value is -2.13. The van der Waals surface area contributed by atoms with E-state index in [1.54, 1.807) is 0 Å². The van der Waals surface area contributed by atoms with E-state index in [2.05, 4.69) is 55.3 Å². The van der Waals surface area contributed by atoms with Crippen LogP contribution in [0.25, 0.3) is 11.0 Å². The van der Waals surface area contributed by atoms with Gasteiger partial charge in [-0.3, -0.25) is 4.98 Å². The van der Waals surface area contributed by atoms with Gasteiger partial charge in [-0.15, -0.1) is 0 Å². The average Bonchev–Trinajstić information content (AvgIpc) is 2.84. The van der Waals surface area contributed by atoms with Gasteiger partial charge in [-0.1, -0.05) is 17.7 Å². The minimum atomic E-state index is -0.0293. The first-order valence-electron chi connectivity index (χ1n) is 7.19. The van der Waals surface area contributed by atoms with Crippen molar-refractivity contribution in [3.63, 3.8) is 0 Å². The van der Waals surface area contributed by atoms with Crippen molar-refractivity contribution in [3.05, 3.63) is 64.7 Å². The second-order valence-corrected chi connectivity index (χ2v) is 5.63. The molecule has 2 heterocycles. The highest BCUT2D eigenvalue weighted by Gasteiger charge is 2.20. The second kappa shape index (κ2) is 5.34. The minimum absolute atomic E-state index is 0.0293. The number of hydrogen-bond acceptors (Lipinski definition) is 3. The normalized spacial score (nSPS) is 12.8. The number of aromatic nitrogens is 1. The van der Waals surface area contributed by atoms with Crippen LogP contribution in [-0.4, -0.2) is 12.0 Å². The van der Waals surface area contributed by atoms with Gasteiger partial charge in [0.05, 0.1) is 5.69 Å². The fraction of sp³-hybridized carbons (Fsp3) is 0.278. The Labute approximate surface area is 125 Å². The van der Waals surface area contributed by atoms with Gasteiger partial charge in [-0.2, -0.15) is 0 Å². The van der Waals surface area contributed by atoms with E-state index in [0.717, 1.165) is 22.4 Å². The van der Waals surface area contributed by atoms with Crippen molar-refractivity contribution in [2.75, 3.05) is 7.05 Å². The molecule has 0 spiro atoms. The van der Waals surface area contributed by atoms with Gasteiger partial charge in [0.2, 0.25) is 0 Å². The highest BCUT2D eigenvalue weighted by atomic mass is 16.3. The molecule has 21 heavy (non-hydrogen) atoms. The van der Waals surface area contributed by atoms with Crippen LogP contribution in [0.15, 0.2) is 40.9 Å². The molecular formula is C18H20N2O. The summed E-state index contributed by atoms with van der Waals surface area (Å²) in [5.74, 6) is 0.901. The van der Waals surface area contributed by atoms with Crippen molar-refractivity contribution in [1.82, 2.24) is 10.3 Å². The quantitative estimate of drug-likeness (QED) is 0.786. The molecule has 0 aliphatic rings. The molecule has 0 aliphatic carbocycles. The number of nitrogens with one attached hydrogen (secondary N) is 1. The van der Waals surface area contributed by atoms with E-state index in [9.17, 15) is 0 Å². The zero-order valence-corrected chi connectivity index (χ0v) is 12.9. The third-order valence-electron chi connectivity index (χ3n) is 3.79. The maximum absolute atomic E-state index is 6.01. The molecule has 0 amide bonds. The molecule has 2 aromatic heterocycles. The summed E-state index contributed by atoms with van der Waals surface area (Å²) >= 11 is 0. The summed E-state index contributed by atoms with van der Waals surface area (Å²) in [5, 5.41) is 4.45. The van der Waals surface area contributed by atoms with Gasteiger partial charge in [-0.05, 0) is 57.1 Å². The Bertz CT molecular complexity index is 789. The van der Waals surface area contributed by atoms with E-state index in [-0.39, 0.29) is 6.04 Å². The predicted octanol–water partition coefficient (Wildman–Crippen LogP) is 4.06. The van der Waals surface area contributed by atoms with Gasteiger partial charge in [0.15, 0.2) is 0 Å². The number of furan rings is 1. The van der Waals surface area contributed by atoms with Crippen LogP contribution in [0.1, 0.15) is 34.2 Å². The van der Waals surface area contributed by atoms with E-state index in [1.165, 1.54) is 16.7 Å². The topological polar surface area (TPSA) is 38.1 Å². The lowest BCUT2D eigenvalue weighted by Gasteiger charge is -2.15. The van der Waals surface area contributed by atoms with Crippen LogP contribution >= 0.6 is 0 Å². The van der Waals surface area contributed by atoms with Crippen LogP contribution in [0.2, 0.25) is 0 Å². The number of rotatable bonds is 3. The lowest BCUT2D eigenvalue weighted by molar-refractivity contribution is 0.484. The van der Waals surface area contributed by atoms with Gasteiger partial charge < -0.3 is 9.73 Å². The summed E-state index contributed by atoms with van der Waals surface area (Å²) in [4.78, 5) is 4.59. The third kappa shape index (κ3) is 2.57. The number of pyridine rings is 1. The van der Waals surface area contributed by atoms with Gasteiger partial charge in [0.1, 0.15) is 17.4 Å². The fourth-order valence-electron chi connectivity index (χ4n) is 2.77. The first kappa shape index (κ1) is 13.8. The van der Waals surface area contributed by atoms with Gasteiger partial charge in [0, 0.05) is 11.6 Å². The molecule has 108 valence electrons. The van der Waals surface area contributed by atoms with Gasteiger partial charge >= 0.3 is 0 Å². The summed E-state index contributed by atoms with van der Waals surface area (Å²) in [6.07, 6.45) is 1.90. The van der Waals surface area contributed by atoms with Crippen molar-refractivity contribution in [2.24, 2.45) is 0 Å².